The molecule has 8 heteroatoms. The van der Waals surface area contributed by atoms with Gasteiger partial charge in [0.15, 0.2) is 20.7 Å². The molecule has 0 saturated carbocycles. The maximum Gasteiger partial charge on any atom is 0.358 e. The molecule has 1 fully saturated rings. The van der Waals surface area contributed by atoms with Crippen LogP contribution in [0.1, 0.15) is 28.7 Å². The Balaban J connectivity index is 2.17. The summed E-state index contributed by atoms with van der Waals surface area (Å²) in [6, 6.07) is -0.0689. The SMILES string of the molecule is CCOC(=O)c1nc(N(C)C2CCS(=O)(=O)C2)sc1C. The van der Waals surface area contributed by atoms with Crippen molar-refractivity contribution in [3.63, 3.8) is 0 Å². The number of rotatable bonds is 4. The van der Waals surface area contributed by atoms with Crippen molar-refractivity contribution in [1.29, 1.82) is 0 Å². The zero-order valence-corrected chi connectivity index (χ0v) is 13.4. The van der Waals surface area contributed by atoms with E-state index >= 15 is 0 Å². The lowest BCUT2D eigenvalue weighted by molar-refractivity contribution is 0.0519. The molecular formula is C12H18N2O4S2. The first kappa shape index (κ1) is 15.2. The van der Waals surface area contributed by atoms with Crippen molar-refractivity contribution in [1.82, 2.24) is 4.98 Å². The Morgan fingerprint density at radius 1 is 1.55 bits per heavy atom. The average molecular weight is 318 g/mol. The molecule has 0 N–H and O–H groups in total. The molecule has 0 spiro atoms. The van der Waals surface area contributed by atoms with Crippen molar-refractivity contribution in [2.45, 2.75) is 26.3 Å². The van der Waals surface area contributed by atoms with Crippen LogP contribution in [-0.4, -0.2) is 50.6 Å². The summed E-state index contributed by atoms with van der Waals surface area (Å²) in [5.74, 6) is -0.0616. The van der Waals surface area contributed by atoms with E-state index in [0.29, 0.717) is 23.9 Å². The predicted molar refractivity (Wildman–Crippen MR) is 78.3 cm³/mol. The highest BCUT2D eigenvalue weighted by Gasteiger charge is 2.32. The normalized spacial score (nSPS) is 20.9. The summed E-state index contributed by atoms with van der Waals surface area (Å²) in [6.07, 6.45) is 0.603. The Kier molecular flexibility index (Phi) is 4.33. The van der Waals surface area contributed by atoms with Gasteiger partial charge in [0.1, 0.15) is 0 Å². The molecule has 6 nitrogen and oxygen atoms in total. The first-order valence-electron chi connectivity index (χ1n) is 6.42. The minimum Gasteiger partial charge on any atom is -0.461 e. The summed E-state index contributed by atoms with van der Waals surface area (Å²) in [6.45, 7) is 3.87. The molecule has 0 aromatic carbocycles. The number of anilines is 1. The van der Waals surface area contributed by atoms with Crippen LogP contribution in [0.5, 0.6) is 0 Å². The summed E-state index contributed by atoms with van der Waals surface area (Å²) < 4.78 is 28.0. The highest BCUT2D eigenvalue weighted by atomic mass is 32.2. The predicted octanol–water partition coefficient (Wildman–Crippen LogP) is 1.25. The van der Waals surface area contributed by atoms with Crippen LogP contribution < -0.4 is 4.90 Å². The third kappa shape index (κ3) is 3.12. The Morgan fingerprint density at radius 3 is 2.80 bits per heavy atom. The Labute approximate surface area is 122 Å². The lowest BCUT2D eigenvalue weighted by Gasteiger charge is -2.22. The minimum atomic E-state index is -2.93. The number of ether oxygens (including phenoxy) is 1. The van der Waals surface area contributed by atoms with E-state index < -0.39 is 15.8 Å². The maximum atomic E-state index is 11.7. The molecule has 0 bridgehead atoms. The smallest absolute Gasteiger partial charge is 0.358 e. The zero-order chi connectivity index (χ0) is 14.9. The number of thiazole rings is 1. The standard InChI is InChI=1S/C12H18N2O4S2/c1-4-18-11(15)10-8(2)19-12(13-10)14(3)9-5-6-20(16,17)7-9/h9H,4-7H2,1-3H3. The molecule has 112 valence electrons. The Bertz CT molecular complexity index is 609. The first-order chi connectivity index (χ1) is 9.34. The fraction of sp³-hybridized carbons (Fsp3) is 0.667. The number of sulfone groups is 1. The molecule has 0 radical (unpaired) electrons. The number of carbonyl (C=O) groups is 1. The van der Waals surface area contributed by atoms with Crippen LogP contribution in [0.15, 0.2) is 0 Å². The molecule has 1 atom stereocenters. The zero-order valence-electron chi connectivity index (χ0n) is 11.7. The summed E-state index contributed by atoms with van der Waals surface area (Å²) in [5.41, 5.74) is 0.319. The van der Waals surface area contributed by atoms with Gasteiger partial charge in [-0.25, -0.2) is 18.2 Å². The Morgan fingerprint density at radius 2 is 2.25 bits per heavy atom. The second-order valence-electron chi connectivity index (χ2n) is 4.79. The molecule has 0 amide bonds. The number of hydrogen-bond acceptors (Lipinski definition) is 7. The van der Waals surface area contributed by atoms with Crippen LogP contribution in [0.2, 0.25) is 0 Å². The second-order valence-corrected chi connectivity index (χ2v) is 8.20. The molecule has 1 aliphatic heterocycles. The van der Waals surface area contributed by atoms with Gasteiger partial charge in [0.25, 0.3) is 0 Å². The molecule has 1 aromatic rings. The number of nitrogens with zero attached hydrogens (tertiary/aromatic N) is 2. The van der Waals surface area contributed by atoms with E-state index in [4.69, 9.17) is 4.74 Å². The summed E-state index contributed by atoms with van der Waals surface area (Å²) in [7, 11) is -1.12. The van der Waals surface area contributed by atoms with Gasteiger partial charge in [0, 0.05) is 18.0 Å². The van der Waals surface area contributed by atoms with Gasteiger partial charge in [-0.3, -0.25) is 0 Å². The van der Waals surface area contributed by atoms with E-state index in [0.717, 1.165) is 4.88 Å². The number of esters is 1. The van der Waals surface area contributed by atoms with Gasteiger partial charge in [-0.05, 0) is 20.3 Å². The van der Waals surface area contributed by atoms with Crippen LogP contribution in [-0.2, 0) is 14.6 Å². The van der Waals surface area contributed by atoms with Crippen LogP contribution in [0.25, 0.3) is 0 Å². The quantitative estimate of drug-likeness (QED) is 0.778. The van der Waals surface area contributed by atoms with Crippen molar-refractivity contribution in [3.8, 4) is 0 Å². The average Bonchev–Trinajstić information content (AvgIpc) is 2.92. The first-order valence-corrected chi connectivity index (χ1v) is 9.05. The molecule has 2 rings (SSSR count). The largest absolute Gasteiger partial charge is 0.461 e. The minimum absolute atomic E-state index is 0.0689. The van der Waals surface area contributed by atoms with E-state index in [1.54, 1.807) is 6.92 Å². The molecule has 2 heterocycles. The Hall–Kier alpha value is -1.15. The highest BCUT2D eigenvalue weighted by molar-refractivity contribution is 7.91. The fourth-order valence-corrected chi connectivity index (χ4v) is 4.86. The maximum absolute atomic E-state index is 11.7. The molecule has 1 unspecified atom stereocenters. The lowest BCUT2D eigenvalue weighted by Crippen LogP contribution is -2.32. The van der Waals surface area contributed by atoms with Gasteiger partial charge in [0.05, 0.1) is 18.1 Å². The van der Waals surface area contributed by atoms with Crippen molar-refractivity contribution in [2.24, 2.45) is 0 Å². The van der Waals surface area contributed by atoms with E-state index in [9.17, 15) is 13.2 Å². The van der Waals surface area contributed by atoms with Gasteiger partial charge in [0.2, 0.25) is 0 Å². The van der Waals surface area contributed by atoms with Crippen molar-refractivity contribution >= 4 is 32.3 Å². The van der Waals surface area contributed by atoms with Crippen LogP contribution in [0.3, 0.4) is 0 Å². The van der Waals surface area contributed by atoms with Crippen LogP contribution in [0, 0.1) is 6.92 Å². The highest BCUT2D eigenvalue weighted by Crippen LogP contribution is 2.29. The molecule has 1 aromatic heterocycles. The van der Waals surface area contributed by atoms with Crippen molar-refractivity contribution in [3.05, 3.63) is 10.6 Å². The topological polar surface area (TPSA) is 76.6 Å². The number of aryl methyl sites for hydroxylation is 1. The van der Waals surface area contributed by atoms with Gasteiger partial charge in [-0.2, -0.15) is 0 Å². The summed E-state index contributed by atoms with van der Waals surface area (Å²) in [4.78, 5) is 18.7. The van der Waals surface area contributed by atoms with E-state index in [2.05, 4.69) is 4.98 Å². The summed E-state index contributed by atoms with van der Waals surface area (Å²) >= 11 is 1.38. The molecule has 20 heavy (non-hydrogen) atoms. The van der Waals surface area contributed by atoms with Gasteiger partial charge >= 0.3 is 5.97 Å². The number of aromatic nitrogens is 1. The van der Waals surface area contributed by atoms with E-state index in [1.165, 1.54) is 11.3 Å². The molecule has 1 aliphatic rings. The monoisotopic (exact) mass is 318 g/mol. The summed E-state index contributed by atoms with van der Waals surface area (Å²) in [5, 5.41) is 0.660. The molecular weight excluding hydrogens is 300 g/mol. The number of carbonyl (C=O) groups excluding carboxylic acids is 1. The van der Waals surface area contributed by atoms with Crippen molar-refractivity contribution < 1.29 is 17.9 Å². The van der Waals surface area contributed by atoms with Crippen molar-refractivity contribution in [2.75, 3.05) is 30.1 Å². The molecule has 0 aliphatic carbocycles. The van der Waals surface area contributed by atoms with E-state index in [-0.39, 0.29) is 17.5 Å². The number of hydrogen-bond donors (Lipinski definition) is 0. The molecule has 1 saturated heterocycles. The van der Waals surface area contributed by atoms with Gasteiger partial charge in [-0.15, -0.1) is 11.3 Å². The van der Waals surface area contributed by atoms with Crippen LogP contribution in [0.4, 0.5) is 5.13 Å². The second kappa shape index (κ2) is 5.69. The fourth-order valence-electron chi connectivity index (χ4n) is 2.16. The van der Waals surface area contributed by atoms with Gasteiger partial charge in [-0.1, -0.05) is 0 Å². The van der Waals surface area contributed by atoms with Gasteiger partial charge < -0.3 is 9.64 Å². The third-order valence-electron chi connectivity index (χ3n) is 3.31. The van der Waals surface area contributed by atoms with E-state index in [1.807, 2.05) is 18.9 Å². The third-order valence-corrected chi connectivity index (χ3v) is 6.12. The lowest BCUT2D eigenvalue weighted by atomic mass is 10.2. The van der Waals surface area contributed by atoms with Crippen LogP contribution >= 0.6 is 11.3 Å².